The van der Waals surface area contributed by atoms with Gasteiger partial charge in [-0.3, -0.25) is 4.79 Å². The molecule has 31 heavy (non-hydrogen) atoms. The van der Waals surface area contributed by atoms with Crippen LogP contribution in [0.4, 0.5) is 5.69 Å². The normalized spacial score (nSPS) is 11.8. The Kier molecular flexibility index (Phi) is 6.23. The van der Waals surface area contributed by atoms with Crippen LogP contribution in [0, 0.1) is 0 Å². The lowest BCUT2D eigenvalue weighted by Crippen LogP contribution is -2.21. The lowest BCUT2D eigenvalue weighted by Gasteiger charge is -2.18. The summed E-state index contributed by atoms with van der Waals surface area (Å²) in [5.74, 6) is 7.44. The summed E-state index contributed by atoms with van der Waals surface area (Å²) in [5, 5.41) is 11.0. The molecule has 0 fully saturated rings. The number of furan rings is 1. The molecule has 1 atom stereocenters. The first-order chi connectivity index (χ1) is 15.2. The van der Waals surface area contributed by atoms with E-state index in [1.54, 1.807) is 18.2 Å². The summed E-state index contributed by atoms with van der Waals surface area (Å²) in [7, 11) is 0. The van der Waals surface area contributed by atoms with E-state index in [1.807, 2.05) is 55.5 Å². The van der Waals surface area contributed by atoms with Crippen molar-refractivity contribution >= 4 is 23.4 Å². The zero-order valence-corrected chi connectivity index (χ0v) is 17.6. The first-order valence-corrected chi connectivity index (χ1v) is 10.5. The Balaban J connectivity index is 1.63. The first kappa shape index (κ1) is 20.5. The molecule has 0 aliphatic heterocycles. The van der Waals surface area contributed by atoms with Crippen molar-refractivity contribution in [3.63, 3.8) is 0 Å². The Morgan fingerprint density at radius 3 is 2.65 bits per heavy atom. The molecular formula is C22H21N5O3S. The quantitative estimate of drug-likeness (QED) is 0.316. The van der Waals surface area contributed by atoms with E-state index in [2.05, 4.69) is 15.5 Å². The Labute approximate surface area is 183 Å². The number of hydrogen-bond acceptors (Lipinski definition) is 7. The summed E-state index contributed by atoms with van der Waals surface area (Å²) in [4.78, 5) is 13.3. The minimum atomic E-state index is -0.619. The van der Waals surface area contributed by atoms with Crippen LogP contribution in [0.25, 0.3) is 11.6 Å². The molecule has 2 heterocycles. The van der Waals surface area contributed by atoms with Crippen LogP contribution in [-0.4, -0.2) is 27.4 Å². The molecule has 0 bridgehead atoms. The number of carbonyl (C=O) groups is 1. The van der Waals surface area contributed by atoms with Gasteiger partial charge < -0.3 is 20.3 Å². The highest BCUT2D eigenvalue weighted by atomic mass is 32.2. The third-order valence-corrected chi connectivity index (χ3v) is 5.63. The molecule has 9 heteroatoms. The van der Waals surface area contributed by atoms with Crippen molar-refractivity contribution in [2.24, 2.45) is 0 Å². The van der Waals surface area contributed by atoms with Gasteiger partial charge in [-0.25, -0.2) is 4.68 Å². The Morgan fingerprint density at radius 1 is 1.13 bits per heavy atom. The fraction of sp³-hybridized carbons (Fsp3) is 0.136. The molecule has 1 unspecified atom stereocenters. The minimum absolute atomic E-state index is 0.231. The van der Waals surface area contributed by atoms with Crippen LogP contribution in [0.15, 0.2) is 82.6 Å². The monoisotopic (exact) mass is 435 g/mol. The molecule has 0 saturated carbocycles. The number of nitrogen functional groups attached to an aromatic ring is 1. The van der Waals surface area contributed by atoms with Crippen molar-refractivity contribution in [3.05, 3.63) is 78.6 Å². The van der Waals surface area contributed by atoms with Crippen molar-refractivity contribution < 1.29 is 13.9 Å². The van der Waals surface area contributed by atoms with Gasteiger partial charge in [-0.1, -0.05) is 54.2 Å². The molecule has 2 aromatic carbocycles. The zero-order valence-electron chi connectivity index (χ0n) is 16.8. The first-order valence-electron chi connectivity index (χ1n) is 9.66. The number of hydrogen-bond donors (Lipinski definition) is 2. The van der Waals surface area contributed by atoms with Crippen LogP contribution >= 0.6 is 11.8 Å². The summed E-state index contributed by atoms with van der Waals surface area (Å²) >= 11 is 1.20. The van der Waals surface area contributed by atoms with Gasteiger partial charge in [0.15, 0.2) is 5.76 Å². The van der Waals surface area contributed by atoms with Gasteiger partial charge in [-0.15, -0.1) is 10.2 Å². The van der Waals surface area contributed by atoms with E-state index < -0.39 is 5.25 Å². The van der Waals surface area contributed by atoms with Gasteiger partial charge in [-0.2, -0.15) is 0 Å². The highest BCUT2D eigenvalue weighted by molar-refractivity contribution is 8.00. The lowest BCUT2D eigenvalue weighted by molar-refractivity contribution is -0.115. The standard InChI is InChI=1S/C22H21N5O3S/c1-2-29-17-12-7-6-11-16(17)24-21(28)19(15-9-4-3-5-10-15)31-22-26-25-20(27(22)23)18-13-8-14-30-18/h3-14,19H,2,23H2,1H3,(H,24,28). The fourth-order valence-corrected chi connectivity index (χ4v) is 3.94. The number of anilines is 1. The van der Waals surface area contributed by atoms with Crippen LogP contribution in [0.5, 0.6) is 5.75 Å². The van der Waals surface area contributed by atoms with Crippen molar-refractivity contribution in [1.82, 2.24) is 14.9 Å². The largest absolute Gasteiger partial charge is 0.492 e. The second-order valence-corrected chi connectivity index (χ2v) is 7.55. The molecule has 0 radical (unpaired) electrons. The van der Waals surface area contributed by atoms with Crippen LogP contribution in [0.3, 0.4) is 0 Å². The number of nitrogens with one attached hydrogen (secondary N) is 1. The smallest absolute Gasteiger partial charge is 0.242 e. The molecule has 2 aromatic heterocycles. The van der Waals surface area contributed by atoms with E-state index in [0.717, 1.165) is 5.56 Å². The fourth-order valence-electron chi connectivity index (χ4n) is 2.99. The number of aromatic nitrogens is 3. The molecule has 0 saturated heterocycles. The van der Waals surface area contributed by atoms with Gasteiger partial charge in [0.05, 0.1) is 18.6 Å². The number of nitrogens with zero attached hydrogens (tertiary/aromatic N) is 3. The minimum Gasteiger partial charge on any atom is -0.492 e. The highest BCUT2D eigenvalue weighted by Crippen LogP contribution is 2.37. The maximum absolute atomic E-state index is 13.3. The lowest BCUT2D eigenvalue weighted by atomic mass is 10.1. The summed E-state index contributed by atoms with van der Waals surface area (Å²) in [5.41, 5.74) is 1.41. The summed E-state index contributed by atoms with van der Waals surface area (Å²) in [6.07, 6.45) is 1.53. The topological polar surface area (TPSA) is 108 Å². The third-order valence-electron chi connectivity index (χ3n) is 4.41. The Bertz CT molecular complexity index is 1150. The van der Waals surface area contributed by atoms with Crippen molar-refractivity contribution in [3.8, 4) is 17.3 Å². The van der Waals surface area contributed by atoms with Crippen molar-refractivity contribution in [1.29, 1.82) is 0 Å². The van der Waals surface area contributed by atoms with Gasteiger partial charge in [0.2, 0.25) is 16.9 Å². The molecule has 1 amide bonds. The molecule has 0 aliphatic rings. The Hall–Kier alpha value is -3.72. The average molecular weight is 436 g/mol. The number of para-hydroxylation sites is 2. The van der Waals surface area contributed by atoms with E-state index in [9.17, 15) is 4.79 Å². The van der Waals surface area contributed by atoms with Gasteiger partial charge >= 0.3 is 0 Å². The van der Waals surface area contributed by atoms with E-state index in [-0.39, 0.29) is 5.91 Å². The molecule has 0 spiro atoms. The number of benzene rings is 2. The summed E-state index contributed by atoms with van der Waals surface area (Å²) < 4.78 is 12.3. The summed E-state index contributed by atoms with van der Waals surface area (Å²) in [6.45, 7) is 2.39. The van der Waals surface area contributed by atoms with Crippen molar-refractivity contribution in [2.75, 3.05) is 17.8 Å². The van der Waals surface area contributed by atoms with Crippen molar-refractivity contribution in [2.45, 2.75) is 17.3 Å². The van der Waals surface area contributed by atoms with E-state index in [4.69, 9.17) is 15.0 Å². The zero-order chi connectivity index (χ0) is 21.6. The Morgan fingerprint density at radius 2 is 1.90 bits per heavy atom. The number of thioether (sulfide) groups is 1. The van der Waals surface area contributed by atoms with Gasteiger partial charge in [0.1, 0.15) is 11.0 Å². The molecule has 4 aromatic rings. The maximum atomic E-state index is 13.3. The predicted molar refractivity (Wildman–Crippen MR) is 119 cm³/mol. The number of carbonyl (C=O) groups excluding carboxylic acids is 1. The van der Waals surface area contributed by atoms with Crippen LogP contribution in [0.1, 0.15) is 17.7 Å². The average Bonchev–Trinajstić information content (AvgIpc) is 3.44. The van der Waals surface area contributed by atoms with E-state index >= 15 is 0 Å². The predicted octanol–water partition coefficient (Wildman–Crippen LogP) is 4.12. The van der Waals surface area contributed by atoms with Gasteiger partial charge in [-0.05, 0) is 36.8 Å². The second-order valence-electron chi connectivity index (χ2n) is 6.48. The molecular weight excluding hydrogens is 414 g/mol. The van der Waals surface area contributed by atoms with Crippen LogP contribution in [-0.2, 0) is 4.79 Å². The third kappa shape index (κ3) is 4.56. The van der Waals surface area contributed by atoms with E-state index in [1.165, 1.54) is 22.7 Å². The molecule has 0 aliphatic carbocycles. The summed E-state index contributed by atoms with van der Waals surface area (Å²) in [6, 6.07) is 20.2. The SMILES string of the molecule is CCOc1ccccc1NC(=O)C(Sc1nnc(-c2ccco2)n1N)c1ccccc1. The number of nitrogens with two attached hydrogens (primary N) is 1. The highest BCUT2D eigenvalue weighted by Gasteiger charge is 2.26. The van der Waals surface area contributed by atoms with Crippen LogP contribution in [0.2, 0.25) is 0 Å². The maximum Gasteiger partial charge on any atom is 0.242 e. The number of amides is 1. The van der Waals surface area contributed by atoms with Crippen LogP contribution < -0.4 is 15.9 Å². The molecule has 4 rings (SSSR count). The van der Waals surface area contributed by atoms with E-state index in [0.29, 0.717) is 34.8 Å². The van der Waals surface area contributed by atoms with Gasteiger partial charge in [0.25, 0.3) is 0 Å². The molecule has 3 N–H and O–H groups in total. The number of ether oxygens (including phenoxy) is 1. The molecule has 158 valence electrons. The molecule has 8 nitrogen and oxygen atoms in total. The van der Waals surface area contributed by atoms with Gasteiger partial charge in [0, 0.05) is 0 Å². The number of rotatable bonds is 8. The second kappa shape index (κ2) is 9.40.